The molecule has 1 saturated heterocycles. The van der Waals surface area contributed by atoms with E-state index in [9.17, 15) is 9.59 Å². The number of nitriles is 1. The van der Waals surface area contributed by atoms with Crippen molar-refractivity contribution >= 4 is 11.8 Å². The van der Waals surface area contributed by atoms with Gasteiger partial charge in [0.05, 0.1) is 18.2 Å². The Hall–Kier alpha value is -2.19. The first-order valence-corrected chi connectivity index (χ1v) is 7.06. The van der Waals surface area contributed by atoms with E-state index in [1.165, 1.54) is 0 Å². The summed E-state index contributed by atoms with van der Waals surface area (Å²) in [5.74, 6) is -0.638. The van der Waals surface area contributed by atoms with Gasteiger partial charge >= 0.3 is 5.97 Å². The van der Waals surface area contributed by atoms with Gasteiger partial charge in [0, 0.05) is 18.5 Å². The molecule has 21 heavy (non-hydrogen) atoms. The molecule has 1 atom stereocenters. The Balaban J connectivity index is 1.92. The zero-order valence-corrected chi connectivity index (χ0v) is 11.8. The number of carboxylic acids is 1. The van der Waals surface area contributed by atoms with Crippen molar-refractivity contribution < 1.29 is 14.7 Å². The summed E-state index contributed by atoms with van der Waals surface area (Å²) in [6, 6.07) is 8.62. The lowest BCUT2D eigenvalue weighted by atomic mass is 9.94. The van der Waals surface area contributed by atoms with Gasteiger partial charge in [-0.2, -0.15) is 5.26 Å². The van der Waals surface area contributed by atoms with Crippen LogP contribution in [0.2, 0.25) is 0 Å². The SMILES string of the molecule is N#Cc1ccc(C(=O)CN2CCCC(CC(=O)O)C2)cc1. The van der Waals surface area contributed by atoms with Crippen LogP contribution in [0, 0.1) is 17.2 Å². The number of nitrogens with zero attached hydrogens (tertiary/aromatic N) is 2. The molecule has 1 aliphatic heterocycles. The zero-order valence-electron chi connectivity index (χ0n) is 11.8. The van der Waals surface area contributed by atoms with Crippen LogP contribution in [0.4, 0.5) is 0 Å². The molecule has 1 aromatic rings. The molecule has 0 aromatic heterocycles. The highest BCUT2D eigenvalue weighted by molar-refractivity contribution is 5.97. The van der Waals surface area contributed by atoms with E-state index in [4.69, 9.17) is 10.4 Å². The third-order valence-electron chi connectivity index (χ3n) is 3.77. The molecule has 1 heterocycles. The molecule has 5 heteroatoms. The van der Waals surface area contributed by atoms with E-state index in [0.717, 1.165) is 19.4 Å². The van der Waals surface area contributed by atoms with Crippen molar-refractivity contribution in [3.05, 3.63) is 35.4 Å². The van der Waals surface area contributed by atoms with Gasteiger partial charge in [-0.3, -0.25) is 14.5 Å². The number of Topliss-reactive ketones (excluding diaryl/α,β-unsaturated/α-hetero) is 1. The Morgan fingerprint density at radius 2 is 2.05 bits per heavy atom. The van der Waals surface area contributed by atoms with E-state index in [1.807, 2.05) is 11.0 Å². The van der Waals surface area contributed by atoms with Crippen LogP contribution in [-0.4, -0.2) is 41.4 Å². The summed E-state index contributed by atoms with van der Waals surface area (Å²) in [6.07, 6.45) is 2.01. The highest BCUT2D eigenvalue weighted by atomic mass is 16.4. The molecule has 0 saturated carbocycles. The molecule has 2 rings (SSSR count). The van der Waals surface area contributed by atoms with Crippen LogP contribution in [0.1, 0.15) is 35.2 Å². The summed E-state index contributed by atoms with van der Waals surface area (Å²) >= 11 is 0. The number of ketones is 1. The maximum absolute atomic E-state index is 12.2. The summed E-state index contributed by atoms with van der Waals surface area (Å²) in [4.78, 5) is 25.0. The van der Waals surface area contributed by atoms with Crippen molar-refractivity contribution in [2.45, 2.75) is 19.3 Å². The van der Waals surface area contributed by atoms with Crippen molar-refractivity contribution in [1.82, 2.24) is 4.90 Å². The van der Waals surface area contributed by atoms with E-state index in [1.54, 1.807) is 24.3 Å². The molecule has 0 radical (unpaired) electrons. The van der Waals surface area contributed by atoms with Gasteiger partial charge in [0.25, 0.3) is 0 Å². The molecule has 1 aliphatic rings. The predicted octanol–water partition coefficient (Wildman–Crippen LogP) is 1.93. The second-order valence-electron chi connectivity index (χ2n) is 5.45. The molecule has 0 bridgehead atoms. The van der Waals surface area contributed by atoms with Crippen LogP contribution < -0.4 is 0 Å². The van der Waals surface area contributed by atoms with Crippen molar-refractivity contribution in [3.8, 4) is 6.07 Å². The summed E-state index contributed by atoms with van der Waals surface area (Å²) in [5.41, 5.74) is 1.13. The standard InChI is InChI=1S/C16H18N2O3/c17-9-12-3-5-14(6-4-12)15(19)11-18-7-1-2-13(10-18)8-16(20)21/h3-6,13H,1-2,7-8,10-11H2,(H,20,21). The number of hydrogen-bond donors (Lipinski definition) is 1. The zero-order chi connectivity index (χ0) is 15.2. The third kappa shape index (κ3) is 4.40. The second kappa shape index (κ2) is 7.00. The third-order valence-corrected chi connectivity index (χ3v) is 3.77. The van der Waals surface area contributed by atoms with Gasteiger partial charge in [-0.1, -0.05) is 12.1 Å². The van der Waals surface area contributed by atoms with Crippen molar-refractivity contribution in [1.29, 1.82) is 5.26 Å². The first kappa shape index (κ1) is 15.2. The summed E-state index contributed by atoms with van der Waals surface area (Å²) in [5, 5.41) is 17.6. The largest absolute Gasteiger partial charge is 0.481 e. The minimum Gasteiger partial charge on any atom is -0.481 e. The Bertz CT molecular complexity index is 560. The van der Waals surface area contributed by atoms with Gasteiger partial charge in [-0.05, 0) is 37.4 Å². The lowest BCUT2D eigenvalue weighted by Crippen LogP contribution is -2.39. The number of hydrogen-bond acceptors (Lipinski definition) is 4. The fourth-order valence-electron chi connectivity index (χ4n) is 2.73. The predicted molar refractivity (Wildman–Crippen MR) is 76.9 cm³/mol. The van der Waals surface area contributed by atoms with Crippen molar-refractivity contribution in [3.63, 3.8) is 0 Å². The number of aliphatic carboxylic acids is 1. The number of carbonyl (C=O) groups excluding carboxylic acids is 1. The molecule has 1 N–H and O–H groups in total. The minimum absolute atomic E-state index is 0.00969. The Morgan fingerprint density at radius 1 is 1.33 bits per heavy atom. The molecular weight excluding hydrogens is 268 g/mol. The highest BCUT2D eigenvalue weighted by Gasteiger charge is 2.23. The Kier molecular flexibility index (Phi) is 5.07. The minimum atomic E-state index is -0.778. The number of likely N-dealkylation sites (tertiary alicyclic amines) is 1. The lowest BCUT2D eigenvalue weighted by Gasteiger charge is -2.31. The van der Waals surface area contributed by atoms with Crippen LogP contribution in [0.5, 0.6) is 0 Å². The molecule has 0 aliphatic carbocycles. The van der Waals surface area contributed by atoms with Crippen LogP contribution in [0.3, 0.4) is 0 Å². The van der Waals surface area contributed by atoms with Gasteiger partial charge in [0.15, 0.2) is 5.78 Å². The topological polar surface area (TPSA) is 81.4 Å². The van der Waals surface area contributed by atoms with E-state index in [-0.39, 0.29) is 18.1 Å². The molecule has 1 unspecified atom stereocenters. The smallest absolute Gasteiger partial charge is 0.303 e. The van der Waals surface area contributed by atoms with Gasteiger partial charge in [-0.25, -0.2) is 0 Å². The molecule has 5 nitrogen and oxygen atoms in total. The quantitative estimate of drug-likeness (QED) is 0.836. The average Bonchev–Trinajstić information content (AvgIpc) is 2.47. The monoisotopic (exact) mass is 286 g/mol. The van der Waals surface area contributed by atoms with E-state index < -0.39 is 5.97 Å². The van der Waals surface area contributed by atoms with Crippen LogP contribution >= 0.6 is 0 Å². The van der Waals surface area contributed by atoms with Gasteiger partial charge < -0.3 is 5.11 Å². The maximum atomic E-state index is 12.2. The van der Waals surface area contributed by atoms with Crippen LogP contribution in [0.25, 0.3) is 0 Å². The molecule has 1 fully saturated rings. The first-order valence-electron chi connectivity index (χ1n) is 7.06. The summed E-state index contributed by atoms with van der Waals surface area (Å²) in [7, 11) is 0. The fraction of sp³-hybridized carbons (Fsp3) is 0.438. The number of piperidine rings is 1. The molecular formula is C16H18N2O3. The van der Waals surface area contributed by atoms with Crippen LogP contribution in [-0.2, 0) is 4.79 Å². The normalized spacial score (nSPS) is 18.9. The van der Waals surface area contributed by atoms with E-state index >= 15 is 0 Å². The Labute approximate surface area is 123 Å². The van der Waals surface area contributed by atoms with Crippen molar-refractivity contribution in [2.75, 3.05) is 19.6 Å². The van der Waals surface area contributed by atoms with Gasteiger partial charge in [-0.15, -0.1) is 0 Å². The van der Waals surface area contributed by atoms with E-state index in [2.05, 4.69) is 0 Å². The summed E-state index contributed by atoms with van der Waals surface area (Å²) < 4.78 is 0. The fourth-order valence-corrected chi connectivity index (χ4v) is 2.73. The molecule has 0 amide bonds. The second-order valence-corrected chi connectivity index (χ2v) is 5.45. The summed E-state index contributed by atoms with van der Waals surface area (Å²) in [6.45, 7) is 1.80. The van der Waals surface area contributed by atoms with Crippen LogP contribution in [0.15, 0.2) is 24.3 Å². The maximum Gasteiger partial charge on any atom is 0.303 e. The average molecular weight is 286 g/mol. The number of carboxylic acid groups (broad SMARTS) is 1. The molecule has 1 aromatic carbocycles. The molecule has 110 valence electrons. The Morgan fingerprint density at radius 3 is 2.67 bits per heavy atom. The lowest BCUT2D eigenvalue weighted by molar-refractivity contribution is -0.138. The number of carbonyl (C=O) groups is 2. The van der Waals surface area contributed by atoms with Gasteiger partial charge in [0.2, 0.25) is 0 Å². The first-order chi connectivity index (χ1) is 10.1. The highest BCUT2D eigenvalue weighted by Crippen LogP contribution is 2.20. The number of rotatable bonds is 5. The van der Waals surface area contributed by atoms with Crippen molar-refractivity contribution in [2.24, 2.45) is 5.92 Å². The molecule has 0 spiro atoms. The van der Waals surface area contributed by atoms with Gasteiger partial charge in [0.1, 0.15) is 0 Å². The van der Waals surface area contributed by atoms with E-state index in [0.29, 0.717) is 24.2 Å². The number of benzene rings is 1.